The van der Waals surface area contributed by atoms with Crippen LogP contribution in [0.1, 0.15) is 72.2 Å². The van der Waals surface area contributed by atoms with Crippen LogP contribution >= 0.6 is 0 Å². The van der Waals surface area contributed by atoms with Gasteiger partial charge in [0.25, 0.3) is 0 Å². The van der Waals surface area contributed by atoms with Gasteiger partial charge in [-0.3, -0.25) is 19.6 Å². The summed E-state index contributed by atoms with van der Waals surface area (Å²) in [6, 6.07) is 20.8. The predicted octanol–water partition coefficient (Wildman–Crippen LogP) is 10.2. The number of carbonyl (C=O) groups excluding carboxylic acids is 2. The number of halogens is 2. The molecule has 0 radical (unpaired) electrons. The van der Waals surface area contributed by atoms with Crippen LogP contribution in [-0.4, -0.2) is 39.7 Å². The summed E-state index contributed by atoms with van der Waals surface area (Å²) in [4.78, 5) is 33.8. The van der Waals surface area contributed by atoms with E-state index in [4.69, 9.17) is 15.2 Å². The number of cyclic esters (lactones) is 2. The van der Waals surface area contributed by atoms with Gasteiger partial charge in [0.2, 0.25) is 0 Å². The van der Waals surface area contributed by atoms with Gasteiger partial charge in [-0.1, -0.05) is 82.7 Å². The quantitative estimate of drug-likeness (QED) is 0.186. The third kappa shape index (κ3) is 8.28. The van der Waals surface area contributed by atoms with E-state index < -0.39 is 5.54 Å². The van der Waals surface area contributed by atoms with Gasteiger partial charge < -0.3 is 15.2 Å². The van der Waals surface area contributed by atoms with Crippen LogP contribution in [-0.2, 0) is 19.1 Å². The number of hydrogen-bond acceptors (Lipinski definition) is 7. The summed E-state index contributed by atoms with van der Waals surface area (Å²) in [7, 11) is 0. The number of rotatable bonds is 7. The van der Waals surface area contributed by atoms with E-state index in [0.717, 1.165) is 46.5 Å². The fourth-order valence-corrected chi connectivity index (χ4v) is 10.5. The van der Waals surface area contributed by atoms with Gasteiger partial charge >= 0.3 is 11.9 Å². The van der Waals surface area contributed by atoms with Crippen molar-refractivity contribution in [2.75, 3.05) is 0 Å². The SMILES string of the molecule is CC[C@H]1[C@H](/C=C/c2ccc(-c3cccc(F)c3)cn2)[C@@H]2[C@@H](C)OC(=O)[C@]2(N)C[C@@H]1C.C[C@H]1[C@H](/C=C/c2ccc(-c3cccc(F)c3)cn2)[C@@H]2[C@@H](C)OC(=O)[C@@H]2C[C@@H]1C. The first-order valence-corrected chi connectivity index (χ1v) is 20.8. The summed E-state index contributed by atoms with van der Waals surface area (Å²) in [6.07, 6.45) is 14.3. The van der Waals surface area contributed by atoms with Crippen LogP contribution in [0.2, 0.25) is 0 Å². The number of aromatic nitrogens is 2. The molecule has 58 heavy (non-hydrogen) atoms. The molecule has 4 aliphatic rings. The zero-order valence-electron chi connectivity index (χ0n) is 34.2. The van der Waals surface area contributed by atoms with E-state index >= 15 is 0 Å². The molecule has 4 fully saturated rings. The summed E-state index contributed by atoms with van der Waals surface area (Å²) < 4.78 is 38.0. The topological polar surface area (TPSA) is 104 Å². The van der Waals surface area contributed by atoms with Crippen molar-refractivity contribution in [3.05, 3.63) is 120 Å². The molecule has 304 valence electrons. The number of pyridine rings is 2. The number of nitrogens with two attached hydrogens (primary N) is 1. The first kappa shape index (κ1) is 41.2. The lowest BCUT2D eigenvalue weighted by Crippen LogP contribution is -2.59. The smallest absolute Gasteiger partial charge is 0.326 e. The van der Waals surface area contributed by atoms with Crippen LogP contribution in [0.5, 0.6) is 0 Å². The average Bonchev–Trinajstić information content (AvgIpc) is 3.61. The Morgan fingerprint density at radius 1 is 0.741 bits per heavy atom. The van der Waals surface area contributed by atoms with E-state index in [1.54, 1.807) is 24.5 Å². The molecule has 12 atom stereocenters. The van der Waals surface area contributed by atoms with Crippen molar-refractivity contribution in [3.63, 3.8) is 0 Å². The highest BCUT2D eigenvalue weighted by Crippen LogP contribution is 2.52. The molecule has 9 heteroatoms. The Morgan fingerprint density at radius 3 is 1.83 bits per heavy atom. The van der Waals surface area contributed by atoms with E-state index in [9.17, 15) is 18.4 Å². The third-order valence-corrected chi connectivity index (χ3v) is 13.6. The van der Waals surface area contributed by atoms with Gasteiger partial charge in [0, 0.05) is 35.4 Å². The normalized spacial score (nSPS) is 32.9. The highest BCUT2D eigenvalue weighted by molar-refractivity contribution is 5.84. The maximum Gasteiger partial charge on any atom is 0.326 e. The molecule has 2 aliphatic heterocycles. The molecule has 0 bridgehead atoms. The fraction of sp³-hybridized carbons (Fsp3) is 0.429. The van der Waals surface area contributed by atoms with Crippen LogP contribution in [0, 0.1) is 64.9 Å². The summed E-state index contributed by atoms with van der Waals surface area (Å²) >= 11 is 0. The Labute approximate surface area is 341 Å². The van der Waals surface area contributed by atoms with Gasteiger partial charge in [0.05, 0.1) is 17.3 Å². The van der Waals surface area contributed by atoms with Crippen LogP contribution in [0.25, 0.3) is 34.4 Å². The lowest BCUT2D eigenvalue weighted by molar-refractivity contribution is -0.146. The summed E-state index contributed by atoms with van der Waals surface area (Å²) in [5.41, 5.74) is 10.8. The molecule has 2 N–H and O–H groups in total. The second-order valence-electron chi connectivity index (χ2n) is 17.2. The first-order valence-electron chi connectivity index (χ1n) is 20.8. The van der Waals surface area contributed by atoms with Crippen molar-refractivity contribution in [1.29, 1.82) is 0 Å². The van der Waals surface area contributed by atoms with Gasteiger partial charge in [-0.2, -0.15) is 0 Å². The van der Waals surface area contributed by atoms with Crippen molar-refractivity contribution in [3.8, 4) is 22.3 Å². The van der Waals surface area contributed by atoms with Gasteiger partial charge in [0.15, 0.2) is 0 Å². The minimum atomic E-state index is -0.909. The number of hydrogen-bond donors (Lipinski definition) is 1. The van der Waals surface area contributed by atoms with Crippen LogP contribution in [0.4, 0.5) is 8.78 Å². The third-order valence-electron chi connectivity index (χ3n) is 13.6. The van der Waals surface area contributed by atoms with Gasteiger partial charge in [-0.15, -0.1) is 0 Å². The van der Waals surface area contributed by atoms with Gasteiger partial charge in [-0.05, 0) is 122 Å². The molecule has 2 aromatic heterocycles. The average molecular weight is 788 g/mol. The molecule has 2 saturated heterocycles. The van der Waals surface area contributed by atoms with Crippen molar-refractivity contribution >= 4 is 24.1 Å². The highest BCUT2D eigenvalue weighted by Gasteiger charge is 2.60. The molecule has 2 aliphatic carbocycles. The Morgan fingerprint density at radius 2 is 1.31 bits per heavy atom. The van der Waals surface area contributed by atoms with Crippen LogP contribution in [0.15, 0.2) is 97.3 Å². The zero-order valence-corrected chi connectivity index (χ0v) is 34.2. The van der Waals surface area contributed by atoms with E-state index in [0.29, 0.717) is 36.0 Å². The minimum Gasteiger partial charge on any atom is -0.462 e. The second kappa shape index (κ2) is 17.1. The number of benzene rings is 2. The molecule has 0 spiro atoms. The van der Waals surface area contributed by atoms with E-state index in [-0.39, 0.29) is 59.5 Å². The number of fused-ring (bicyclic) bond motifs is 2. The van der Waals surface area contributed by atoms with Gasteiger partial charge in [0.1, 0.15) is 29.4 Å². The number of carbonyl (C=O) groups is 2. The lowest BCUT2D eigenvalue weighted by Gasteiger charge is -2.46. The van der Waals surface area contributed by atoms with E-state index in [1.165, 1.54) is 24.3 Å². The molecular formula is C49H55F2N3O4. The fourth-order valence-electron chi connectivity index (χ4n) is 10.5. The van der Waals surface area contributed by atoms with Crippen molar-refractivity contribution in [1.82, 2.24) is 9.97 Å². The standard InChI is InChI=1S/C25H29FN2O2.C24H26FNO2/c1-4-21-15(2)13-25(27)23(16(3)30-24(25)29)22(21)11-10-20-9-8-18(14-28-20)17-6-5-7-19(26)12-17;1-14-11-22-23(16(3)28-24(22)27)21(15(14)2)10-9-20-8-7-18(13-26-20)17-5-4-6-19(25)12-17/h5-12,14-16,21-23H,4,13,27H2,1-3H3;4-10,12-16,21-23H,11H2,1-3H3/b11-10+;10-9+/t15-,16+,21+,22-,23-,25-;14-,15+,16+,21-,22+,23-/m00/s1. The number of nitrogens with zero attached hydrogens (tertiary/aromatic N) is 2. The molecule has 2 aromatic carbocycles. The Hall–Kier alpha value is -5.02. The van der Waals surface area contributed by atoms with Crippen molar-refractivity contribution < 1.29 is 27.8 Å². The molecule has 4 aromatic rings. The monoisotopic (exact) mass is 787 g/mol. The summed E-state index contributed by atoms with van der Waals surface area (Å²) in [5.74, 6) is 1.59. The largest absolute Gasteiger partial charge is 0.462 e. The Kier molecular flexibility index (Phi) is 12.1. The molecular weight excluding hydrogens is 733 g/mol. The highest BCUT2D eigenvalue weighted by atomic mass is 19.1. The zero-order chi connectivity index (χ0) is 41.3. The molecule has 4 heterocycles. The van der Waals surface area contributed by atoms with Crippen LogP contribution < -0.4 is 5.73 Å². The van der Waals surface area contributed by atoms with Crippen molar-refractivity contribution in [2.24, 2.45) is 59.0 Å². The van der Waals surface area contributed by atoms with E-state index in [1.807, 2.05) is 62.4 Å². The maximum absolute atomic E-state index is 13.5. The lowest BCUT2D eigenvalue weighted by atomic mass is 9.58. The molecule has 7 nitrogen and oxygen atoms in total. The maximum atomic E-state index is 13.5. The Bertz CT molecular complexity index is 2160. The number of ether oxygens (including phenoxy) is 2. The van der Waals surface area contributed by atoms with E-state index in [2.05, 4.69) is 49.8 Å². The molecule has 8 rings (SSSR count). The first-order chi connectivity index (χ1) is 27.8. The van der Waals surface area contributed by atoms with Crippen LogP contribution in [0.3, 0.4) is 0 Å². The number of allylic oxidation sites excluding steroid dienone is 2. The molecule has 2 saturated carbocycles. The summed E-state index contributed by atoms with van der Waals surface area (Å²) in [6.45, 7) is 12.8. The second-order valence-corrected chi connectivity index (χ2v) is 17.2. The van der Waals surface area contributed by atoms with Crippen molar-refractivity contribution in [2.45, 2.75) is 78.6 Å². The predicted molar refractivity (Wildman–Crippen MR) is 223 cm³/mol. The molecule has 0 unspecified atom stereocenters. The molecule has 0 amide bonds. The van der Waals surface area contributed by atoms with Gasteiger partial charge in [-0.25, -0.2) is 8.78 Å². The Balaban J connectivity index is 0.000000177. The minimum absolute atomic E-state index is 0.0131. The number of esters is 2. The summed E-state index contributed by atoms with van der Waals surface area (Å²) in [5, 5.41) is 0.